The van der Waals surface area contributed by atoms with Crippen LogP contribution in [-0.2, 0) is 30.1 Å². The summed E-state index contributed by atoms with van der Waals surface area (Å²) in [7, 11) is 0. The predicted octanol–water partition coefficient (Wildman–Crippen LogP) is 6.86. The molecule has 0 N–H and O–H groups in total. The zero-order valence-corrected chi connectivity index (χ0v) is 24.9. The second-order valence-corrected chi connectivity index (χ2v) is 11.9. The molecule has 2 atom stereocenters. The number of hydrogen-bond acceptors (Lipinski definition) is 6. The molecule has 238 valence electrons. The molecule has 14 heteroatoms. The van der Waals surface area contributed by atoms with Gasteiger partial charge in [0.15, 0.2) is 0 Å². The Morgan fingerprint density at radius 2 is 1.89 bits per heavy atom. The van der Waals surface area contributed by atoms with Crippen LogP contribution in [0.25, 0.3) is 0 Å². The minimum absolute atomic E-state index is 0.00697. The van der Waals surface area contributed by atoms with E-state index >= 15 is 0 Å². The molecule has 2 amide bonds. The third kappa shape index (κ3) is 6.36. The monoisotopic (exact) mass is 650 g/mol. The normalized spacial score (nSPS) is 20.4. The topological polar surface area (TPSA) is 86.5 Å². The quantitative estimate of drug-likeness (QED) is 0.272. The van der Waals surface area contributed by atoms with Gasteiger partial charge in [-0.05, 0) is 54.7 Å². The van der Waals surface area contributed by atoms with Gasteiger partial charge in [-0.2, -0.15) is 31.6 Å². The summed E-state index contributed by atoms with van der Waals surface area (Å²) in [6.45, 7) is 2.08. The Bertz CT molecular complexity index is 1630. The van der Waals surface area contributed by atoms with Crippen molar-refractivity contribution >= 4 is 23.2 Å². The number of likely N-dealkylation sites (tertiary alicyclic amines) is 1. The van der Waals surface area contributed by atoms with Gasteiger partial charge < -0.3 is 14.5 Å². The van der Waals surface area contributed by atoms with Gasteiger partial charge in [-0.1, -0.05) is 19.4 Å². The number of nitrogens with zero attached hydrogens (tertiary/aromatic N) is 4. The molecule has 1 saturated heterocycles. The third-order valence-electron chi connectivity index (χ3n) is 8.15. The number of alkyl halides is 6. The lowest BCUT2D eigenvalue weighted by atomic mass is 9.79. The van der Waals surface area contributed by atoms with Crippen LogP contribution in [-0.4, -0.2) is 51.3 Å². The lowest BCUT2D eigenvalue weighted by Crippen LogP contribution is -2.68. The van der Waals surface area contributed by atoms with Crippen molar-refractivity contribution in [3.63, 3.8) is 0 Å². The Morgan fingerprint density at radius 1 is 1.11 bits per heavy atom. The molecular formula is C31H28F6N4O3S. The maximum Gasteiger partial charge on any atom is 0.425 e. The summed E-state index contributed by atoms with van der Waals surface area (Å²) >= 11 is 0.392. The van der Waals surface area contributed by atoms with E-state index in [0.29, 0.717) is 29.7 Å². The molecule has 0 aliphatic carbocycles. The summed E-state index contributed by atoms with van der Waals surface area (Å²) in [5.41, 5.74) is -1.84. The van der Waals surface area contributed by atoms with Gasteiger partial charge in [-0.3, -0.25) is 14.6 Å². The van der Waals surface area contributed by atoms with Crippen LogP contribution < -0.4 is 4.74 Å². The van der Waals surface area contributed by atoms with E-state index in [1.54, 1.807) is 25.1 Å². The molecule has 1 aromatic carbocycles. The summed E-state index contributed by atoms with van der Waals surface area (Å²) in [4.78, 5) is 34.0. The summed E-state index contributed by atoms with van der Waals surface area (Å²) in [5, 5.41) is 10.4. The van der Waals surface area contributed by atoms with Gasteiger partial charge in [0, 0.05) is 43.7 Å². The number of ether oxygens (including phenoxy) is 1. The van der Waals surface area contributed by atoms with Crippen LogP contribution in [0.2, 0.25) is 0 Å². The molecule has 0 unspecified atom stereocenters. The first-order chi connectivity index (χ1) is 21.3. The number of nitriles is 1. The van der Waals surface area contributed by atoms with Gasteiger partial charge in [-0.15, -0.1) is 11.3 Å². The van der Waals surface area contributed by atoms with E-state index < -0.39 is 51.9 Å². The molecule has 3 aromatic rings. The number of pyridine rings is 1. The highest BCUT2D eigenvalue weighted by Gasteiger charge is 2.56. The van der Waals surface area contributed by atoms with Crippen molar-refractivity contribution in [2.75, 3.05) is 13.1 Å². The molecule has 5 rings (SSSR count). The van der Waals surface area contributed by atoms with Crippen LogP contribution in [0.5, 0.6) is 5.75 Å². The summed E-state index contributed by atoms with van der Waals surface area (Å²) < 4.78 is 88.5. The Hall–Kier alpha value is -4.12. The summed E-state index contributed by atoms with van der Waals surface area (Å²) in [5.74, 6) is -1.84. The number of piperidine rings is 1. The molecule has 0 spiro atoms. The van der Waals surface area contributed by atoms with E-state index in [-0.39, 0.29) is 44.6 Å². The fraction of sp³-hybridized carbons (Fsp3) is 0.419. The van der Waals surface area contributed by atoms with E-state index in [1.807, 2.05) is 0 Å². The number of aromatic nitrogens is 1. The molecule has 45 heavy (non-hydrogen) atoms. The molecule has 1 fully saturated rings. The molecule has 0 saturated carbocycles. The van der Waals surface area contributed by atoms with Gasteiger partial charge in [0.25, 0.3) is 11.8 Å². The summed E-state index contributed by atoms with van der Waals surface area (Å²) in [6, 6.07) is 8.66. The van der Waals surface area contributed by atoms with Crippen LogP contribution in [0.4, 0.5) is 26.3 Å². The van der Waals surface area contributed by atoms with Gasteiger partial charge in [-0.25, -0.2) is 0 Å². The second-order valence-electron chi connectivity index (χ2n) is 11.0. The van der Waals surface area contributed by atoms with Crippen LogP contribution in [0.1, 0.15) is 70.2 Å². The number of hydrogen-bond donors (Lipinski definition) is 0. The minimum Gasteiger partial charge on any atom is -0.474 e. The maximum absolute atomic E-state index is 14.6. The zero-order chi connectivity index (χ0) is 32.6. The number of thiophene rings is 1. The second kappa shape index (κ2) is 12.3. The van der Waals surface area contributed by atoms with E-state index in [2.05, 4.69) is 11.1 Å². The molecule has 4 heterocycles. The van der Waals surface area contributed by atoms with Crippen LogP contribution in [0, 0.1) is 11.3 Å². The van der Waals surface area contributed by atoms with Crippen molar-refractivity contribution in [3.05, 3.63) is 80.8 Å². The number of amides is 2. The van der Waals surface area contributed by atoms with Crippen molar-refractivity contribution in [2.45, 2.75) is 69.6 Å². The minimum atomic E-state index is -4.88. The fourth-order valence-corrected chi connectivity index (χ4v) is 6.82. The molecule has 2 aliphatic rings. The van der Waals surface area contributed by atoms with E-state index in [0.717, 1.165) is 45.8 Å². The molecule has 7 nitrogen and oxygen atoms in total. The fourth-order valence-electron chi connectivity index (χ4n) is 6.14. The van der Waals surface area contributed by atoms with Gasteiger partial charge >= 0.3 is 12.4 Å². The molecular weight excluding hydrogens is 622 g/mol. The highest BCUT2D eigenvalue weighted by molar-refractivity contribution is 7.10. The van der Waals surface area contributed by atoms with Crippen molar-refractivity contribution in [1.82, 2.24) is 14.8 Å². The first-order valence-corrected chi connectivity index (χ1v) is 15.2. The lowest BCUT2D eigenvalue weighted by Gasteiger charge is -2.50. The van der Waals surface area contributed by atoms with Crippen molar-refractivity contribution in [2.24, 2.45) is 0 Å². The van der Waals surface area contributed by atoms with Gasteiger partial charge in [0.2, 0.25) is 5.60 Å². The molecule has 2 aromatic heterocycles. The van der Waals surface area contributed by atoms with E-state index in [9.17, 15) is 41.2 Å². The maximum atomic E-state index is 14.6. The number of halogens is 6. The van der Waals surface area contributed by atoms with Gasteiger partial charge in [0.1, 0.15) is 16.3 Å². The number of carbonyl (C=O) groups excluding carboxylic acids is 2. The average molecular weight is 651 g/mol. The highest BCUT2D eigenvalue weighted by Crippen LogP contribution is 2.43. The standard InChI is InChI=1S/C31H28F6N4O3S/c1-2-5-24-29(44-22-15-25(45-18-22)31(35,36)37,28(43)40-13-9-20-14-19(16-38)7-8-21(20)17-40)10-4-12-41(24)27(42)26-23(30(32,33)34)6-3-11-39-26/h3,6-8,11,14-15,18,24H,2,4-5,9-10,12-13,17H2,1H3/t24-,29+/m1/s1. The smallest absolute Gasteiger partial charge is 0.425 e. The zero-order valence-electron chi connectivity index (χ0n) is 24.0. The predicted molar refractivity (Wildman–Crippen MR) is 151 cm³/mol. The number of fused-ring (bicyclic) bond motifs is 1. The molecule has 0 bridgehead atoms. The van der Waals surface area contributed by atoms with Crippen molar-refractivity contribution in [1.29, 1.82) is 5.26 Å². The Balaban J connectivity index is 1.58. The largest absolute Gasteiger partial charge is 0.474 e. The third-order valence-corrected chi connectivity index (χ3v) is 9.11. The SMILES string of the molecule is CCC[C@H]1N(C(=O)c2ncccc2C(F)(F)F)CCC[C@@]1(Oc1csc(C(F)(F)F)c1)C(=O)N1CCc2cc(C#N)ccc2C1. The Kier molecular flexibility index (Phi) is 8.86. The molecule has 2 aliphatic heterocycles. The van der Waals surface area contributed by atoms with Crippen molar-refractivity contribution in [3.8, 4) is 11.8 Å². The first kappa shape index (κ1) is 32.3. The van der Waals surface area contributed by atoms with E-state index in [4.69, 9.17) is 4.74 Å². The van der Waals surface area contributed by atoms with Crippen LogP contribution in [0.3, 0.4) is 0 Å². The van der Waals surface area contributed by atoms with Crippen molar-refractivity contribution < 1.29 is 40.7 Å². The average Bonchev–Trinajstić information content (AvgIpc) is 3.49. The lowest BCUT2D eigenvalue weighted by molar-refractivity contribution is -0.160. The summed E-state index contributed by atoms with van der Waals surface area (Å²) in [6.07, 6.45) is -7.41. The van der Waals surface area contributed by atoms with Gasteiger partial charge in [0.05, 0.1) is 23.2 Å². The number of rotatable bonds is 6. The Labute approximate surface area is 259 Å². The van der Waals surface area contributed by atoms with Crippen LogP contribution >= 0.6 is 11.3 Å². The van der Waals surface area contributed by atoms with E-state index in [1.165, 1.54) is 4.90 Å². The molecule has 0 radical (unpaired) electrons. The van der Waals surface area contributed by atoms with Crippen LogP contribution in [0.15, 0.2) is 48.0 Å². The number of carbonyl (C=O) groups is 2. The Morgan fingerprint density at radius 3 is 2.56 bits per heavy atom. The highest BCUT2D eigenvalue weighted by atomic mass is 32.1. The number of benzene rings is 1. The first-order valence-electron chi connectivity index (χ1n) is 14.3.